The molecule has 0 spiro atoms. The second kappa shape index (κ2) is 8.00. The van der Waals surface area contributed by atoms with E-state index in [4.69, 9.17) is 16.3 Å². The van der Waals surface area contributed by atoms with Crippen molar-refractivity contribution < 1.29 is 27.5 Å². The Morgan fingerprint density at radius 1 is 1.12 bits per heavy atom. The van der Waals surface area contributed by atoms with Crippen molar-refractivity contribution in [3.8, 4) is 0 Å². The maximum atomic E-state index is 13.8. The number of hydrogen-bond acceptors (Lipinski definition) is 3. The number of rotatable bonds is 4. The molecule has 0 atom stereocenters. The minimum Gasteiger partial charge on any atom is -0.364 e. The monoisotopic (exact) mass is 372 g/mol. The molecule has 0 aliphatic rings. The van der Waals surface area contributed by atoms with Gasteiger partial charge in [0.1, 0.15) is 29.7 Å². The summed E-state index contributed by atoms with van der Waals surface area (Å²) in [4.78, 5) is 25.0. The highest BCUT2D eigenvalue weighted by atomic mass is 35.5. The lowest BCUT2D eigenvalue weighted by molar-refractivity contribution is 0.0548. The van der Waals surface area contributed by atoms with Crippen LogP contribution in [-0.4, -0.2) is 30.7 Å². The number of carbonyl (C=O) groups excluding carboxylic acids is 2. The summed E-state index contributed by atoms with van der Waals surface area (Å²) in [5.41, 5.74) is -1.19. The van der Waals surface area contributed by atoms with E-state index in [1.54, 1.807) is 0 Å². The Kier molecular flexibility index (Phi) is 6.00. The topological polar surface area (TPSA) is 58.6 Å². The largest absolute Gasteiger partial charge is 0.364 e. The Bertz CT molecular complexity index is 797. The van der Waals surface area contributed by atoms with Gasteiger partial charge in [-0.05, 0) is 30.3 Å². The van der Waals surface area contributed by atoms with Crippen molar-refractivity contribution in [2.45, 2.75) is 0 Å². The van der Waals surface area contributed by atoms with Gasteiger partial charge < -0.3 is 10.1 Å². The molecule has 0 aliphatic heterocycles. The van der Waals surface area contributed by atoms with Gasteiger partial charge >= 0.3 is 6.03 Å². The number of urea groups is 1. The van der Waals surface area contributed by atoms with Crippen molar-refractivity contribution in [2.75, 3.05) is 19.2 Å². The highest BCUT2D eigenvalue weighted by Crippen LogP contribution is 2.20. The molecule has 0 saturated carbocycles. The second-order valence-corrected chi connectivity index (χ2v) is 5.24. The molecular formula is C16H12ClF3N2O3. The summed E-state index contributed by atoms with van der Waals surface area (Å²) in [5.74, 6) is -4.40. The number of nitrogens with zero attached hydrogens (tertiary/aromatic N) is 1. The molecule has 2 rings (SSSR count). The predicted octanol–water partition coefficient (Wildman–Crippen LogP) is 4.04. The lowest BCUT2D eigenvalue weighted by Gasteiger charge is -2.21. The van der Waals surface area contributed by atoms with Gasteiger partial charge in [0, 0.05) is 12.1 Å². The summed E-state index contributed by atoms with van der Waals surface area (Å²) < 4.78 is 46.0. The van der Waals surface area contributed by atoms with Crippen LogP contribution in [0.4, 0.5) is 23.7 Å². The molecule has 0 bridgehead atoms. The zero-order valence-corrected chi connectivity index (χ0v) is 13.6. The quantitative estimate of drug-likeness (QED) is 0.824. The van der Waals surface area contributed by atoms with Crippen molar-refractivity contribution in [3.63, 3.8) is 0 Å². The van der Waals surface area contributed by atoms with Crippen LogP contribution in [0.25, 0.3) is 0 Å². The number of amides is 3. The van der Waals surface area contributed by atoms with Gasteiger partial charge in [-0.25, -0.2) is 22.9 Å². The molecule has 132 valence electrons. The van der Waals surface area contributed by atoms with Gasteiger partial charge in [-0.15, -0.1) is 0 Å². The van der Waals surface area contributed by atoms with Gasteiger partial charge in [-0.2, -0.15) is 0 Å². The van der Waals surface area contributed by atoms with Crippen molar-refractivity contribution in [2.24, 2.45) is 0 Å². The molecule has 0 saturated heterocycles. The molecule has 0 aliphatic carbocycles. The summed E-state index contributed by atoms with van der Waals surface area (Å²) in [7, 11) is 1.17. The zero-order valence-electron chi connectivity index (χ0n) is 12.9. The highest BCUT2D eigenvalue weighted by Gasteiger charge is 2.28. The molecule has 2 aromatic rings. The van der Waals surface area contributed by atoms with E-state index in [1.165, 1.54) is 19.2 Å². The maximum Gasteiger partial charge on any atom is 0.330 e. The average Bonchev–Trinajstić information content (AvgIpc) is 2.54. The van der Waals surface area contributed by atoms with E-state index >= 15 is 0 Å². The van der Waals surface area contributed by atoms with Crippen LogP contribution in [0, 0.1) is 17.5 Å². The van der Waals surface area contributed by atoms with Crippen molar-refractivity contribution >= 4 is 29.2 Å². The summed E-state index contributed by atoms with van der Waals surface area (Å²) in [5, 5.41) is 2.22. The number of halogens is 4. The Balaban J connectivity index is 2.30. The standard InChI is InChI=1S/C16H12ClF3N2O3/c1-25-8-22(15(23)14-10(18)3-2-4-11(14)19)16(24)21-13-6-5-9(17)7-12(13)20/h2-7H,8H2,1H3,(H,21,24). The first-order valence-electron chi connectivity index (χ1n) is 6.86. The number of hydrogen-bond donors (Lipinski definition) is 1. The maximum absolute atomic E-state index is 13.8. The van der Waals surface area contributed by atoms with Crippen molar-refractivity contribution in [1.29, 1.82) is 0 Å². The van der Waals surface area contributed by atoms with Gasteiger partial charge in [0.15, 0.2) is 0 Å². The molecule has 0 heterocycles. The molecule has 25 heavy (non-hydrogen) atoms. The molecule has 1 N–H and O–H groups in total. The molecular weight excluding hydrogens is 361 g/mol. The van der Waals surface area contributed by atoms with Crippen LogP contribution in [0.5, 0.6) is 0 Å². The van der Waals surface area contributed by atoms with Crippen molar-refractivity contribution in [1.82, 2.24) is 4.90 Å². The third kappa shape index (κ3) is 4.28. The van der Waals surface area contributed by atoms with Gasteiger partial charge in [0.05, 0.1) is 5.69 Å². The second-order valence-electron chi connectivity index (χ2n) is 4.80. The summed E-state index contributed by atoms with van der Waals surface area (Å²) in [6.45, 7) is -0.604. The van der Waals surface area contributed by atoms with Gasteiger partial charge in [0.25, 0.3) is 5.91 Å². The number of methoxy groups -OCH3 is 1. The van der Waals surface area contributed by atoms with Crippen LogP contribution >= 0.6 is 11.6 Å². The Morgan fingerprint density at radius 2 is 1.76 bits per heavy atom. The Hall–Kier alpha value is -2.58. The number of anilines is 1. The fourth-order valence-electron chi connectivity index (χ4n) is 1.95. The van der Waals surface area contributed by atoms with E-state index < -0.39 is 41.7 Å². The molecule has 5 nitrogen and oxygen atoms in total. The number of ether oxygens (including phenoxy) is 1. The Morgan fingerprint density at radius 3 is 2.32 bits per heavy atom. The summed E-state index contributed by atoms with van der Waals surface area (Å²) in [6.07, 6.45) is 0. The lowest BCUT2D eigenvalue weighted by Crippen LogP contribution is -2.42. The van der Waals surface area contributed by atoms with E-state index in [2.05, 4.69) is 5.32 Å². The normalized spacial score (nSPS) is 10.4. The summed E-state index contributed by atoms with van der Waals surface area (Å²) in [6, 6.07) is 5.14. The molecule has 0 unspecified atom stereocenters. The number of nitrogens with one attached hydrogen (secondary N) is 1. The SMILES string of the molecule is COCN(C(=O)Nc1ccc(Cl)cc1F)C(=O)c1c(F)cccc1F. The van der Waals surface area contributed by atoms with E-state index in [0.717, 1.165) is 24.3 Å². The Labute approximate surface area is 145 Å². The first-order chi connectivity index (χ1) is 11.8. The highest BCUT2D eigenvalue weighted by molar-refractivity contribution is 6.30. The van der Waals surface area contributed by atoms with Crippen molar-refractivity contribution in [3.05, 3.63) is 64.4 Å². The predicted molar refractivity (Wildman–Crippen MR) is 84.8 cm³/mol. The first kappa shape index (κ1) is 18.8. The van der Waals surface area contributed by atoms with Crippen LogP contribution in [-0.2, 0) is 4.74 Å². The van der Waals surface area contributed by atoms with Crippen LogP contribution < -0.4 is 5.32 Å². The zero-order chi connectivity index (χ0) is 18.6. The number of carbonyl (C=O) groups is 2. The molecule has 0 fully saturated rings. The fourth-order valence-corrected chi connectivity index (χ4v) is 2.11. The fraction of sp³-hybridized carbons (Fsp3) is 0.125. The van der Waals surface area contributed by atoms with E-state index in [1.807, 2.05) is 0 Å². The lowest BCUT2D eigenvalue weighted by atomic mass is 10.1. The smallest absolute Gasteiger partial charge is 0.330 e. The third-order valence-corrected chi connectivity index (χ3v) is 3.33. The van der Waals surface area contributed by atoms with E-state index in [-0.39, 0.29) is 10.7 Å². The van der Waals surface area contributed by atoms with Crippen LogP contribution in [0.3, 0.4) is 0 Å². The molecule has 0 aromatic heterocycles. The molecule has 0 radical (unpaired) electrons. The number of imide groups is 1. The van der Waals surface area contributed by atoms with Gasteiger partial charge in [-0.1, -0.05) is 17.7 Å². The van der Waals surface area contributed by atoms with Crippen LogP contribution in [0.2, 0.25) is 5.02 Å². The summed E-state index contributed by atoms with van der Waals surface area (Å²) >= 11 is 5.61. The van der Waals surface area contributed by atoms with Crippen LogP contribution in [0.15, 0.2) is 36.4 Å². The minimum absolute atomic E-state index is 0.105. The van der Waals surface area contributed by atoms with Gasteiger partial charge in [0.2, 0.25) is 0 Å². The third-order valence-electron chi connectivity index (χ3n) is 3.10. The average molecular weight is 373 g/mol. The molecule has 9 heteroatoms. The minimum atomic E-state index is -1.27. The van der Waals surface area contributed by atoms with Crippen LogP contribution in [0.1, 0.15) is 10.4 Å². The molecule has 2 aromatic carbocycles. The molecule has 3 amide bonds. The van der Waals surface area contributed by atoms with E-state index in [0.29, 0.717) is 4.90 Å². The first-order valence-corrected chi connectivity index (χ1v) is 7.23. The number of benzene rings is 2. The van der Waals surface area contributed by atoms with E-state index in [9.17, 15) is 22.8 Å². The van der Waals surface area contributed by atoms with Gasteiger partial charge in [-0.3, -0.25) is 4.79 Å².